The third-order valence-electron chi connectivity index (χ3n) is 2.60. The van der Waals surface area contributed by atoms with Crippen LogP contribution in [0, 0.1) is 5.82 Å². The summed E-state index contributed by atoms with van der Waals surface area (Å²) in [4.78, 5) is 11.5. The number of aromatic carboxylic acids is 1. The van der Waals surface area contributed by atoms with Crippen LogP contribution in [0.2, 0.25) is 0 Å². The second kappa shape index (κ2) is 7.47. The summed E-state index contributed by atoms with van der Waals surface area (Å²) in [5.41, 5.74) is -0.311. The van der Waals surface area contributed by atoms with Crippen molar-refractivity contribution in [1.29, 1.82) is 0 Å². The van der Waals surface area contributed by atoms with Gasteiger partial charge in [-0.1, -0.05) is 15.9 Å². The molecule has 1 N–H and O–H groups in total. The van der Waals surface area contributed by atoms with Crippen LogP contribution in [0.1, 0.15) is 10.4 Å². The van der Waals surface area contributed by atoms with Crippen molar-refractivity contribution in [2.45, 2.75) is 4.90 Å². The first kappa shape index (κ1) is 15.9. The van der Waals surface area contributed by atoms with E-state index in [4.69, 9.17) is 9.84 Å². The molecule has 0 saturated carbocycles. The molecule has 0 amide bonds. The molecule has 0 heterocycles. The normalized spacial score (nSPS) is 10.4. The number of carboxylic acids is 1. The second-order valence-electron chi connectivity index (χ2n) is 4.10. The molecular formula is C15H12BrFO3S. The summed E-state index contributed by atoms with van der Waals surface area (Å²) in [5.74, 6) is -0.580. The van der Waals surface area contributed by atoms with E-state index in [1.165, 1.54) is 23.9 Å². The topological polar surface area (TPSA) is 46.5 Å². The molecular weight excluding hydrogens is 359 g/mol. The summed E-state index contributed by atoms with van der Waals surface area (Å²) < 4.78 is 19.8. The van der Waals surface area contributed by atoms with Crippen molar-refractivity contribution >= 4 is 33.7 Å². The number of ether oxygens (including phenoxy) is 1. The largest absolute Gasteiger partial charge is 0.493 e. The minimum Gasteiger partial charge on any atom is -0.493 e. The van der Waals surface area contributed by atoms with E-state index in [9.17, 15) is 9.18 Å². The second-order valence-corrected chi connectivity index (χ2v) is 6.18. The highest BCUT2D eigenvalue weighted by Crippen LogP contribution is 2.22. The lowest BCUT2D eigenvalue weighted by Crippen LogP contribution is -2.02. The van der Waals surface area contributed by atoms with E-state index < -0.39 is 11.8 Å². The first-order chi connectivity index (χ1) is 10.1. The van der Waals surface area contributed by atoms with Crippen LogP contribution >= 0.6 is 27.7 Å². The Bertz CT molecular complexity index is 631. The van der Waals surface area contributed by atoms with Crippen molar-refractivity contribution < 1.29 is 19.0 Å². The third-order valence-corrected chi connectivity index (χ3v) is 4.09. The Hall–Kier alpha value is -1.53. The molecule has 0 unspecified atom stereocenters. The fourth-order valence-electron chi connectivity index (χ4n) is 1.61. The molecule has 110 valence electrons. The molecule has 2 rings (SSSR count). The van der Waals surface area contributed by atoms with Gasteiger partial charge in [0.2, 0.25) is 0 Å². The predicted molar refractivity (Wildman–Crippen MR) is 83.7 cm³/mol. The monoisotopic (exact) mass is 370 g/mol. The molecule has 0 aliphatic heterocycles. The highest BCUT2D eigenvalue weighted by Gasteiger charge is 2.10. The van der Waals surface area contributed by atoms with E-state index in [-0.39, 0.29) is 5.56 Å². The molecule has 0 bridgehead atoms. The Morgan fingerprint density at radius 2 is 1.95 bits per heavy atom. The van der Waals surface area contributed by atoms with Gasteiger partial charge in [0.15, 0.2) is 0 Å². The number of carboxylic acid groups (broad SMARTS) is 1. The van der Waals surface area contributed by atoms with Crippen molar-refractivity contribution in [1.82, 2.24) is 0 Å². The standard InChI is InChI=1S/C15H12BrFO3S/c16-10-1-3-11(4-2-10)20-7-8-21-12-5-6-14(17)13(9-12)15(18)19/h1-6,9H,7-8H2,(H,18,19). The van der Waals surface area contributed by atoms with Gasteiger partial charge in [-0.05, 0) is 42.5 Å². The van der Waals surface area contributed by atoms with E-state index >= 15 is 0 Å². The quantitative estimate of drug-likeness (QED) is 0.602. The number of benzene rings is 2. The van der Waals surface area contributed by atoms with Crippen molar-refractivity contribution in [2.75, 3.05) is 12.4 Å². The maximum atomic E-state index is 13.2. The van der Waals surface area contributed by atoms with Gasteiger partial charge in [0.1, 0.15) is 11.6 Å². The average molecular weight is 371 g/mol. The SMILES string of the molecule is O=C(O)c1cc(SCCOc2ccc(Br)cc2)ccc1F. The zero-order valence-corrected chi connectivity index (χ0v) is 13.3. The Balaban J connectivity index is 1.85. The minimum absolute atomic E-state index is 0.311. The summed E-state index contributed by atoms with van der Waals surface area (Å²) in [6.07, 6.45) is 0. The van der Waals surface area contributed by atoms with Crippen molar-refractivity contribution in [3.05, 3.63) is 58.3 Å². The van der Waals surface area contributed by atoms with Gasteiger partial charge >= 0.3 is 5.97 Å². The van der Waals surface area contributed by atoms with Crippen LogP contribution in [0.4, 0.5) is 4.39 Å². The Labute approximate surface area is 134 Å². The number of rotatable bonds is 6. The van der Waals surface area contributed by atoms with Crippen LogP contribution in [-0.2, 0) is 0 Å². The highest BCUT2D eigenvalue weighted by molar-refractivity contribution is 9.10. The molecule has 0 aliphatic rings. The molecule has 0 spiro atoms. The lowest BCUT2D eigenvalue weighted by atomic mass is 10.2. The van der Waals surface area contributed by atoms with Crippen LogP contribution in [-0.4, -0.2) is 23.4 Å². The van der Waals surface area contributed by atoms with Gasteiger partial charge in [-0.3, -0.25) is 0 Å². The lowest BCUT2D eigenvalue weighted by molar-refractivity contribution is 0.0691. The van der Waals surface area contributed by atoms with Gasteiger partial charge in [0, 0.05) is 15.1 Å². The average Bonchev–Trinajstić information content (AvgIpc) is 2.46. The molecule has 0 aliphatic carbocycles. The Kier molecular flexibility index (Phi) is 5.64. The zero-order valence-electron chi connectivity index (χ0n) is 10.9. The highest BCUT2D eigenvalue weighted by atomic mass is 79.9. The fourth-order valence-corrected chi connectivity index (χ4v) is 2.64. The number of thioether (sulfide) groups is 1. The number of hydrogen-bond acceptors (Lipinski definition) is 3. The van der Waals surface area contributed by atoms with Gasteiger partial charge in [-0.25, -0.2) is 9.18 Å². The smallest absolute Gasteiger partial charge is 0.338 e. The Morgan fingerprint density at radius 1 is 1.24 bits per heavy atom. The molecule has 0 aromatic heterocycles. The number of carbonyl (C=O) groups is 1. The van der Waals surface area contributed by atoms with Crippen LogP contribution in [0.25, 0.3) is 0 Å². The van der Waals surface area contributed by atoms with Gasteiger partial charge in [0.05, 0.1) is 12.2 Å². The summed E-state index contributed by atoms with van der Waals surface area (Å²) in [6.45, 7) is 0.478. The summed E-state index contributed by atoms with van der Waals surface area (Å²) in [7, 11) is 0. The molecule has 21 heavy (non-hydrogen) atoms. The molecule has 0 saturated heterocycles. The molecule has 3 nitrogen and oxygen atoms in total. The van der Waals surface area contributed by atoms with Gasteiger partial charge in [-0.15, -0.1) is 11.8 Å². The molecule has 0 atom stereocenters. The summed E-state index contributed by atoms with van der Waals surface area (Å²) >= 11 is 4.76. The van der Waals surface area contributed by atoms with E-state index in [1.54, 1.807) is 6.07 Å². The lowest BCUT2D eigenvalue weighted by Gasteiger charge is -2.07. The van der Waals surface area contributed by atoms with E-state index in [0.717, 1.165) is 10.2 Å². The van der Waals surface area contributed by atoms with Gasteiger partial charge < -0.3 is 9.84 Å². The predicted octanol–water partition coefficient (Wildman–Crippen LogP) is 4.46. The maximum Gasteiger partial charge on any atom is 0.338 e. The van der Waals surface area contributed by atoms with Crippen LogP contribution < -0.4 is 4.74 Å². The molecule has 0 radical (unpaired) electrons. The van der Waals surface area contributed by atoms with Crippen LogP contribution in [0.5, 0.6) is 5.75 Å². The molecule has 6 heteroatoms. The van der Waals surface area contributed by atoms with E-state index in [1.807, 2.05) is 24.3 Å². The Morgan fingerprint density at radius 3 is 2.62 bits per heavy atom. The zero-order chi connectivity index (χ0) is 15.2. The van der Waals surface area contributed by atoms with Gasteiger partial charge in [-0.2, -0.15) is 0 Å². The number of halogens is 2. The van der Waals surface area contributed by atoms with Crippen LogP contribution in [0.3, 0.4) is 0 Å². The first-order valence-electron chi connectivity index (χ1n) is 6.10. The minimum atomic E-state index is -1.26. The number of hydrogen-bond donors (Lipinski definition) is 1. The van der Waals surface area contributed by atoms with Crippen molar-refractivity contribution in [3.63, 3.8) is 0 Å². The van der Waals surface area contributed by atoms with Crippen molar-refractivity contribution in [2.24, 2.45) is 0 Å². The fraction of sp³-hybridized carbons (Fsp3) is 0.133. The molecule has 0 fully saturated rings. The maximum absolute atomic E-state index is 13.2. The van der Waals surface area contributed by atoms with E-state index in [0.29, 0.717) is 17.3 Å². The van der Waals surface area contributed by atoms with E-state index in [2.05, 4.69) is 15.9 Å². The molecule has 2 aromatic carbocycles. The third kappa shape index (κ3) is 4.75. The summed E-state index contributed by atoms with van der Waals surface area (Å²) in [6, 6.07) is 11.6. The first-order valence-corrected chi connectivity index (χ1v) is 7.88. The summed E-state index contributed by atoms with van der Waals surface area (Å²) in [5, 5.41) is 8.85. The van der Waals surface area contributed by atoms with Crippen LogP contribution in [0.15, 0.2) is 51.8 Å². The van der Waals surface area contributed by atoms with Gasteiger partial charge in [0.25, 0.3) is 0 Å². The molecule has 2 aromatic rings. The van der Waals surface area contributed by atoms with Crippen molar-refractivity contribution in [3.8, 4) is 5.75 Å².